The summed E-state index contributed by atoms with van der Waals surface area (Å²) in [5.41, 5.74) is 4.40. The van der Waals surface area contributed by atoms with E-state index in [2.05, 4.69) is 5.32 Å². The Kier molecular flexibility index (Phi) is 8.15. The smallest absolute Gasteiger partial charge is 0.331 e. The summed E-state index contributed by atoms with van der Waals surface area (Å²) in [5, 5.41) is 3.03. The number of nitrogens with one attached hydrogen (secondary N) is 1. The molecular formula is C32H39N5O4. The van der Waals surface area contributed by atoms with Crippen LogP contribution < -0.4 is 16.6 Å². The number of likely N-dealkylation sites (tertiary alicyclic amines) is 1. The fraction of sp³-hybridized carbons (Fsp3) is 0.438. The van der Waals surface area contributed by atoms with Gasteiger partial charge in [0, 0.05) is 44.1 Å². The molecule has 1 fully saturated rings. The van der Waals surface area contributed by atoms with Crippen LogP contribution in [0.15, 0.2) is 58.3 Å². The molecule has 0 bridgehead atoms. The lowest BCUT2D eigenvalue weighted by Crippen LogP contribution is -2.51. The first kappa shape index (κ1) is 28.4. The molecule has 216 valence electrons. The summed E-state index contributed by atoms with van der Waals surface area (Å²) in [6.07, 6.45) is 3.68. The van der Waals surface area contributed by atoms with Gasteiger partial charge in [-0.1, -0.05) is 50.2 Å². The highest BCUT2D eigenvalue weighted by molar-refractivity contribution is 5.91. The van der Waals surface area contributed by atoms with Crippen molar-refractivity contribution >= 4 is 17.6 Å². The van der Waals surface area contributed by atoms with Gasteiger partial charge in [0.05, 0.1) is 5.56 Å². The van der Waals surface area contributed by atoms with Crippen LogP contribution in [0.2, 0.25) is 0 Å². The SMILES string of the molecule is Cc1cccc(-c2cn(CC(=O)N3CCC(N4CCc5ccccc5NC4=O)CC3)c(=O)n(CC(C)C)c2=O)c1C. The van der Waals surface area contributed by atoms with Crippen molar-refractivity contribution in [3.8, 4) is 11.1 Å². The number of hydrogen-bond donors (Lipinski definition) is 1. The van der Waals surface area contributed by atoms with Gasteiger partial charge in [-0.15, -0.1) is 0 Å². The largest absolute Gasteiger partial charge is 0.341 e. The van der Waals surface area contributed by atoms with E-state index in [0.717, 1.165) is 34.4 Å². The number of fused-ring (bicyclic) bond motifs is 1. The van der Waals surface area contributed by atoms with Crippen molar-refractivity contribution in [2.75, 3.05) is 25.0 Å². The van der Waals surface area contributed by atoms with Crippen molar-refractivity contribution in [1.29, 1.82) is 0 Å². The second-order valence-electron chi connectivity index (χ2n) is 11.7. The van der Waals surface area contributed by atoms with Gasteiger partial charge in [0.2, 0.25) is 5.91 Å². The van der Waals surface area contributed by atoms with E-state index in [1.807, 2.05) is 75.1 Å². The summed E-state index contributed by atoms with van der Waals surface area (Å²) in [6, 6.07) is 13.6. The molecule has 3 heterocycles. The van der Waals surface area contributed by atoms with Crippen molar-refractivity contribution in [3.63, 3.8) is 0 Å². The van der Waals surface area contributed by atoms with Crippen LogP contribution in [0.3, 0.4) is 0 Å². The van der Waals surface area contributed by atoms with Crippen molar-refractivity contribution < 1.29 is 9.59 Å². The molecule has 0 radical (unpaired) electrons. The third-order valence-electron chi connectivity index (χ3n) is 8.39. The number of aryl methyl sites for hydroxylation is 1. The topological polar surface area (TPSA) is 96.7 Å². The Bertz CT molecular complexity index is 1580. The van der Waals surface area contributed by atoms with Gasteiger partial charge in [0.1, 0.15) is 6.54 Å². The Morgan fingerprint density at radius 2 is 1.68 bits per heavy atom. The van der Waals surface area contributed by atoms with Crippen LogP contribution >= 0.6 is 0 Å². The molecule has 3 amide bonds. The molecule has 41 heavy (non-hydrogen) atoms. The van der Waals surface area contributed by atoms with E-state index in [1.165, 1.54) is 9.13 Å². The fourth-order valence-corrected chi connectivity index (χ4v) is 5.93. The maximum atomic E-state index is 13.5. The van der Waals surface area contributed by atoms with Crippen molar-refractivity contribution in [2.45, 2.75) is 66.1 Å². The standard InChI is InChI=1S/C32H39N5O4/c1-21(2)18-37-30(39)27(26-10-7-8-22(3)23(26)4)19-35(32(37)41)20-29(38)34-15-13-25(14-16-34)36-17-12-24-9-5-6-11-28(24)33-31(36)40/h5-11,19,21,25H,12-18,20H2,1-4H3,(H,33,40). The summed E-state index contributed by atoms with van der Waals surface area (Å²) in [6.45, 7) is 9.65. The summed E-state index contributed by atoms with van der Waals surface area (Å²) in [4.78, 5) is 56.9. The Morgan fingerprint density at radius 1 is 0.951 bits per heavy atom. The Balaban J connectivity index is 1.33. The van der Waals surface area contributed by atoms with Gasteiger partial charge in [-0.05, 0) is 67.3 Å². The molecule has 9 heteroatoms. The third-order valence-corrected chi connectivity index (χ3v) is 8.39. The van der Waals surface area contributed by atoms with Crippen LogP contribution in [0.25, 0.3) is 11.1 Å². The predicted molar refractivity (Wildman–Crippen MR) is 160 cm³/mol. The first-order chi connectivity index (χ1) is 19.6. The number of benzene rings is 2. The van der Waals surface area contributed by atoms with E-state index >= 15 is 0 Å². The summed E-state index contributed by atoms with van der Waals surface area (Å²) in [5.74, 6) is -0.0821. The number of amides is 3. The van der Waals surface area contributed by atoms with Crippen molar-refractivity contribution in [3.05, 3.63) is 86.2 Å². The maximum absolute atomic E-state index is 13.5. The third kappa shape index (κ3) is 5.85. The molecule has 0 aliphatic carbocycles. The molecule has 1 saturated heterocycles. The quantitative estimate of drug-likeness (QED) is 0.495. The van der Waals surface area contributed by atoms with E-state index < -0.39 is 5.69 Å². The molecule has 1 N–H and O–H groups in total. The van der Waals surface area contributed by atoms with Gasteiger partial charge >= 0.3 is 11.7 Å². The molecule has 0 atom stereocenters. The molecule has 0 spiro atoms. The van der Waals surface area contributed by atoms with Crippen molar-refractivity contribution in [1.82, 2.24) is 18.9 Å². The molecule has 5 rings (SSSR count). The number of piperidine rings is 1. The summed E-state index contributed by atoms with van der Waals surface area (Å²) in [7, 11) is 0. The predicted octanol–water partition coefficient (Wildman–Crippen LogP) is 4.03. The van der Waals surface area contributed by atoms with E-state index in [9.17, 15) is 19.2 Å². The zero-order valence-corrected chi connectivity index (χ0v) is 24.4. The molecule has 1 aromatic heterocycles. The molecule has 2 aliphatic rings. The van der Waals surface area contributed by atoms with E-state index in [4.69, 9.17) is 0 Å². The van der Waals surface area contributed by atoms with Crippen LogP contribution in [-0.2, 0) is 24.3 Å². The monoisotopic (exact) mass is 557 g/mol. The van der Waals surface area contributed by atoms with Crippen LogP contribution in [0.1, 0.15) is 43.4 Å². The number of para-hydroxylation sites is 1. The Hall–Kier alpha value is -4.14. The fourth-order valence-electron chi connectivity index (χ4n) is 5.93. The molecular weight excluding hydrogens is 518 g/mol. The number of rotatable bonds is 6. The zero-order valence-electron chi connectivity index (χ0n) is 24.4. The van der Waals surface area contributed by atoms with E-state index in [-0.39, 0.29) is 42.5 Å². The minimum absolute atomic E-state index is 0.0416. The lowest BCUT2D eigenvalue weighted by molar-refractivity contribution is -0.133. The normalized spacial score (nSPS) is 16.0. The highest BCUT2D eigenvalue weighted by Crippen LogP contribution is 2.25. The highest BCUT2D eigenvalue weighted by Gasteiger charge is 2.31. The number of carbonyl (C=O) groups excluding carboxylic acids is 2. The first-order valence-corrected chi connectivity index (χ1v) is 14.5. The van der Waals surface area contributed by atoms with Gasteiger partial charge in [-0.25, -0.2) is 9.59 Å². The molecule has 2 aliphatic heterocycles. The lowest BCUT2D eigenvalue weighted by Gasteiger charge is -2.38. The first-order valence-electron chi connectivity index (χ1n) is 14.5. The second-order valence-corrected chi connectivity index (χ2v) is 11.7. The average molecular weight is 558 g/mol. The minimum Gasteiger partial charge on any atom is -0.341 e. The van der Waals surface area contributed by atoms with Crippen LogP contribution in [0.5, 0.6) is 0 Å². The average Bonchev–Trinajstić information content (AvgIpc) is 3.12. The summed E-state index contributed by atoms with van der Waals surface area (Å²) >= 11 is 0. The maximum Gasteiger partial charge on any atom is 0.331 e. The number of aromatic nitrogens is 2. The molecule has 2 aromatic carbocycles. The van der Waals surface area contributed by atoms with Crippen LogP contribution in [0, 0.1) is 19.8 Å². The van der Waals surface area contributed by atoms with Gasteiger partial charge < -0.3 is 15.1 Å². The zero-order chi connectivity index (χ0) is 29.3. The second kappa shape index (κ2) is 11.8. The Labute approximate surface area is 240 Å². The number of urea groups is 1. The van der Waals surface area contributed by atoms with Crippen molar-refractivity contribution in [2.24, 2.45) is 5.92 Å². The molecule has 9 nitrogen and oxygen atoms in total. The minimum atomic E-state index is -0.471. The Morgan fingerprint density at radius 3 is 2.41 bits per heavy atom. The molecule has 3 aromatic rings. The van der Waals surface area contributed by atoms with Gasteiger partial charge in [0.15, 0.2) is 0 Å². The van der Waals surface area contributed by atoms with Crippen LogP contribution in [0.4, 0.5) is 10.5 Å². The molecule has 0 unspecified atom stereocenters. The lowest BCUT2D eigenvalue weighted by atomic mass is 9.99. The van der Waals surface area contributed by atoms with Gasteiger partial charge in [-0.2, -0.15) is 0 Å². The number of hydrogen-bond acceptors (Lipinski definition) is 4. The number of nitrogens with zero attached hydrogens (tertiary/aromatic N) is 4. The van der Waals surface area contributed by atoms with E-state index in [1.54, 1.807) is 11.1 Å². The number of anilines is 1. The summed E-state index contributed by atoms with van der Waals surface area (Å²) < 4.78 is 2.64. The highest BCUT2D eigenvalue weighted by atomic mass is 16.2. The molecule has 0 saturated carbocycles. The number of carbonyl (C=O) groups is 2. The van der Waals surface area contributed by atoms with Gasteiger partial charge in [0.25, 0.3) is 5.56 Å². The van der Waals surface area contributed by atoms with Crippen LogP contribution in [-0.4, -0.2) is 56.5 Å². The van der Waals surface area contributed by atoms with E-state index in [0.29, 0.717) is 38.0 Å². The van der Waals surface area contributed by atoms with Gasteiger partial charge in [-0.3, -0.25) is 18.7 Å².